The van der Waals surface area contributed by atoms with Gasteiger partial charge >= 0.3 is 0 Å². The molecule has 0 aliphatic carbocycles. The molecular formula is C14H23N3S2. The van der Waals surface area contributed by atoms with Crippen molar-refractivity contribution in [1.82, 2.24) is 10.6 Å². The molecule has 0 amide bonds. The maximum absolute atomic E-state index is 4.21. The number of nitrogens with one attached hydrogen (secondary N) is 2. The van der Waals surface area contributed by atoms with Gasteiger partial charge in [-0.3, -0.25) is 4.99 Å². The number of guanidine groups is 1. The third kappa shape index (κ3) is 7.38. The largest absolute Gasteiger partial charge is 0.356 e. The number of benzene rings is 1. The lowest BCUT2D eigenvalue weighted by atomic mass is 10.4. The van der Waals surface area contributed by atoms with E-state index in [0.717, 1.165) is 24.8 Å². The van der Waals surface area contributed by atoms with Gasteiger partial charge in [-0.1, -0.05) is 25.1 Å². The number of thioether (sulfide) groups is 2. The third-order valence-corrected chi connectivity index (χ3v) is 4.57. The fraction of sp³-hybridized carbons (Fsp3) is 0.500. The molecule has 1 rings (SSSR count). The van der Waals surface area contributed by atoms with Gasteiger partial charge in [-0.05, 0) is 18.4 Å². The fourth-order valence-electron chi connectivity index (χ4n) is 1.40. The molecule has 1 atom stereocenters. The summed E-state index contributed by atoms with van der Waals surface area (Å²) in [6.07, 6.45) is 2.12. The predicted molar refractivity (Wildman–Crippen MR) is 89.5 cm³/mol. The lowest BCUT2D eigenvalue weighted by Gasteiger charge is -2.14. The van der Waals surface area contributed by atoms with Crippen molar-refractivity contribution in [3.63, 3.8) is 0 Å². The summed E-state index contributed by atoms with van der Waals surface area (Å²) in [7, 11) is 1.81. The zero-order chi connectivity index (χ0) is 13.9. The zero-order valence-electron chi connectivity index (χ0n) is 11.8. The molecule has 0 spiro atoms. The second-order valence-electron chi connectivity index (χ2n) is 4.09. The van der Waals surface area contributed by atoms with Gasteiger partial charge in [0, 0.05) is 36.0 Å². The Balaban J connectivity index is 2.16. The summed E-state index contributed by atoms with van der Waals surface area (Å²) in [6, 6.07) is 10.5. The van der Waals surface area contributed by atoms with E-state index in [0.29, 0.717) is 5.25 Å². The van der Waals surface area contributed by atoms with Crippen LogP contribution in [0.25, 0.3) is 0 Å². The van der Waals surface area contributed by atoms with E-state index in [9.17, 15) is 0 Å². The highest BCUT2D eigenvalue weighted by Gasteiger charge is 2.01. The number of rotatable bonds is 7. The number of aliphatic imine (C=N–C) groups is 1. The van der Waals surface area contributed by atoms with Crippen molar-refractivity contribution < 1.29 is 0 Å². The highest BCUT2D eigenvalue weighted by atomic mass is 32.2. The predicted octanol–water partition coefficient (Wildman–Crippen LogP) is 2.70. The van der Waals surface area contributed by atoms with Gasteiger partial charge in [0.1, 0.15) is 0 Å². The minimum atomic E-state index is 0.595. The first-order chi connectivity index (χ1) is 9.26. The van der Waals surface area contributed by atoms with E-state index in [1.165, 1.54) is 4.90 Å². The highest BCUT2D eigenvalue weighted by molar-refractivity contribution is 7.99. The van der Waals surface area contributed by atoms with E-state index in [-0.39, 0.29) is 0 Å². The smallest absolute Gasteiger partial charge is 0.191 e. The van der Waals surface area contributed by atoms with E-state index in [4.69, 9.17) is 0 Å². The lowest BCUT2D eigenvalue weighted by Crippen LogP contribution is -2.40. The fourth-order valence-corrected chi connectivity index (χ4v) is 2.44. The SMILES string of the molecule is CN=C(NCCSc1ccccc1)NCC(C)SC. The van der Waals surface area contributed by atoms with Crippen molar-refractivity contribution >= 4 is 29.5 Å². The topological polar surface area (TPSA) is 36.4 Å². The Morgan fingerprint density at radius 2 is 2.00 bits per heavy atom. The van der Waals surface area contributed by atoms with Crippen molar-refractivity contribution in [3.8, 4) is 0 Å². The Bertz CT molecular complexity index is 368. The average Bonchev–Trinajstić information content (AvgIpc) is 2.47. The van der Waals surface area contributed by atoms with Gasteiger partial charge < -0.3 is 10.6 Å². The summed E-state index contributed by atoms with van der Waals surface area (Å²) in [5.41, 5.74) is 0. The molecule has 1 unspecified atom stereocenters. The Labute approximate surface area is 125 Å². The van der Waals surface area contributed by atoms with Crippen LogP contribution in [0, 0.1) is 0 Å². The molecule has 1 aromatic rings. The maximum Gasteiger partial charge on any atom is 0.191 e. The van der Waals surface area contributed by atoms with Gasteiger partial charge in [0.05, 0.1) is 0 Å². The maximum atomic E-state index is 4.21. The van der Waals surface area contributed by atoms with Crippen LogP contribution in [0.3, 0.4) is 0 Å². The minimum Gasteiger partial charge on any atom is -0.356 e. The Kier molecular flexibility index (Phi) is 8.58. The van der Waals surface area contributed by atoms with Gasteiger partial charge in [-0.15, -0.1) is 11.8 Å². The van der Waals surface area contributed by atoms with E-state index in [1.54, 1.807) is 0 Å². The second kappa shape index (κ2) is 10.0. The van der Waals surface area contributed by atoms with Gasteiger partial charge in [0.2, 0.25) is 0 Å². The van der Waals surface area contributed by atoms with E-state index < -0.39 is 0 Å². The molecule has 19 heavy (non-hydrogen) atoms. The second-order valence-corrected chi connectivity index (χ2v) is 6.53. The lowest BCUT2D eigenvalue weighted by molar-refractivity contribution is 0.807. The van der Waals surface area contributed by atoms with Gasteiger partial charge in [-0.2, -0.15) is 11.8 Å². The highest BCUT2D eigenvalue weighted by Crippen LogP contribution is 2.15. The van der Waals surface area contributed by atoms with Crippen LogP contribution >= 0.6 is 23.5 Å². The first-order valence-electron chi connectivity index (χ1n) is 6.41. The third-order valence-electron chi connectivity index (χ3n) is 2.59. The number of hydrogen-bond acceptors (Lipinski definition) is 3. The minimum absolute atomic E-state index is 0.595. The van der Waals surface area contributed by atoms with Crippen LogP contribution in [-0.4, -0.2) is 43.4 Å². The van der Waals surface area contributed by atoms with Crippen LogP contribution in [0.15, 0.2) is 40.2 Å². The van der Waals surface area contributed by atoms with Crippen molar-refractivity contribution in [2.75, 3.05) is 32.1 Å². The molecule has 3 nitrogen and oxygen atoms in total. The summed E-state index contributed by atoms with van der Waals surface area (Å²) < 4.78 is 0. The first kappa shape index (κ1) is 16.2. The van der Waals surface area contributed by atoms with Gasteiger partial charge in [-0.25, -0.2) is 0 Å². The molecule has 5 heteroatoms. The summed E-state index contributed by atoms with van der Waals surface area (Å²) in [5, 5.41) is 7.25. The van der Waals surface area contributed by atoms with Crippen LogP contribution in [0.2, 0.25) is 0 Å². The molecule has 0 aliphatic heterocycles. The Morgan fingerprint density at radius 3 is 2.63 bits per heavy atom. The standard InChI is InChI=1S/C14H23N3S2/c1-12(18-3)11-17-14(15-2)16-9-10-19-13-7-5-4-6-8-13/h4-8,12H,9-11H2,1-3H3,(H2,15,16,17). The summed E-state index contributed by atoms with van der Waals surface area (Å²) in [4.78, 5) is 5.52. The molecule has 0 bridgehead atoms. The molecule has 0 aliphatic rings. The van der Waals surface area contributed by atoms with Crippen LogP contribution in [-0.2, 0) is 0 Å². The van der Waals surface area contributed by atoms with Crippen molar-refractivity contribution in [2.24, 2.45) is 4.99 Å². The molecular weight excluding hydrogens is 274 g/mol. The molecule has 0 saturated carbocycles. The molecule has 0 heterocycles. The summed E-state index contributed by atoms with van der Waals surface area (Å²) >= 11 is 3.71. The molecule has 0 radical (unpaired) electrons. The summed E-state index contributed by atoms with van der Waals surface area (Å²) in [6.45, 7) is 4.05. The molecule has 2 N–H and O–H groups in total. The van der Waals surface area contributed by atoms with Gasteiger partial charge in [0.15, 0.2) is 5.96 Å². The zero-order valence-corrected chi connectivity index (χ0v) is 13.5. The van der Waals surface area contributed by atoms with Crippen molar-refractivity contribution in [3.05, 3.63) is 30.3 Å². The quantitative estimate of drug-likeness (QED) is 0.351. The number of hydrogen-bond donors (Lipinski definition) is 2. The summed E-state index contributed by atoms with van der Waals surface area (Å²) in [5.74, 6) is 1.91. The normalized spacial score (nSPS) is 13.1. The molecule has 106 valence electrons. The van der Waals surface area contributed by atoms with E-state index in [2.05, 4.69) is 53.1 Å². The van der Waals surface area contributed by atoms with Crippen LogP contribution in [0.4, 0.5) is 0 Å². The molecule has 0 saturated heterocycles. The van der Waals surface area contributed by atoms with E-state index >= 15 is 0 Å². The number of nitrogens with zero attached hydrogens (tertiary/aromatic N) is 1. The van der Waals surface area contributed by atoms with E-state index in [1.807, 2.05) is 36.6 Å². The Hall–Kier alpha value is -0.810. The van der Waals surface area contributed by atoms with Crippen LogP contribution in [0.1, 0.15) is 6.92 Å². The van der Waals surface area contributed by atoms with Crippen LogP contribution < -0.4 is 10.6 Å². The monoisotopic (exact) mass is 297 g/mol. The van der Waals surface area contributed by atoms with Crippen LogP contribution in [0.5, 0.6) is 0 Å². The van der Waals surface area contributed by atoms with Crippen molar-refractivity contribution in [1.29, 1.82) is 0 Å². The first-order valence-corrected chi connectivity index (χ1v) is 8.68. The molecule has 0 aromatic heterocycles. The average molecular weight is 297 g/mol. The molecule has 1 aromatic carbocycles. The van der Waals surface area contributed by atoms with Crippen molar-refractivity contribution in [2.45, 2.75) is 17.1 Å². The Morgan fingerprint density at radius 1 is 1.26 bits per heavy atom. The molecule has 0 fully saturated rings. The van der Waals surface area contributed by atoms with Gasteiger partial charge in [0.25, 0.3) is 0 Å².